The van der Waals surface area contributed by atoms with Gasteiger partial charge in [0.1, 0.15) is 23.0 Å². The second-order valence-electron chi connectivity index (χ2n) is 8.08. The number of pyridine rings is 1. The van der Waals surface area contributed by atoms with E-state index in [1.807, 2.05) is 13.0 Å². The molecule has 2 aromatic carbocycles. The third-order valence-corrected chi connectivity index (χ3v) is 6.02. The lowest BCUT2D eigenvalue weighted by Crippen LogP contribution is -2.29. The number of benzene rings is 2. The number of carbonyl (C=O) groups excluding carboxylic acids is 2. The van der Waals surface area contributed by atoms with Crippen molar-refractivity contribution in [2.24, 2.45) is 0 Å². The van der Waals surface area contributed by atoms with Crippen LogP contribution in [0.1, 0.15) is 28.3 Å². The molecule has 8 heteroatoms. The number of aromatic nitrogens is 1. The normalized spacial score (nSPS) is 16.9. The first-order valence-electron chi connectivity index (χ1n) is 10.9. The average molecular weight is 475 g/mol. The Morgan fingerprint density at radius 3 is 2.37 bits per heavy atom. The molecule has 1 aliphatic rings. The van der Waals surface area contributed by atoms with Crippen LogP contribution >= 0.6 is 0 Å². The van der Waals surface area contributed by atoms with Crippen molar-refractivity contribution in [3.63, 3.8) is 0 Å². The standard InChI is InChI=1S/C27H26N2O6/c1-16-12-18(7-9-21(16)34-3)25(30)23-24(20-13-19(33-2)8-10-22(20)35-4)29(27(32)26(23)31)15-17-6-5-11-28-14-17/h5-14,24,30H,15H2,1-4H3. The summed E-state index contributed by atoms with van der Waals surface area (Å²) >= 11 is 0. The molecule has 1 unspecified atom stereocenters. The van der Waals surface area contributed by atoms with Gasteiger partial charge in [-0.3, -0.25) is 14.6 Å². The number of nitrogens with zero attached hydrogens (tertiary/aromatic N) is 2. The number of carbonyl (C=O) groups is 2. The van der Waals surface area contributed by atoms with Crippen molar-refractivity contribution in [2.45, 2.75) is 19.5 Å². The van der Waals surface area contributed by atoms with Crippen LogP contribution in [0.5, 0.6) is 17.2 Å². The second-order valence-corrected chi connectivity index (χ2v) is 8.08. The predicted molar refractivity (Wildman–Crippen MR) is 129 cm³/mol. The smallest absolute Gasteiger partial charge is 0.295 e. The number of ketones is 1. The van der Waals surface area contributed by atoms with Crippen LogP contribution < -0.4 is 14.2 Å². The summed E-state index contributed by atoms with van der Waals surface area (Å²) in [6.45, 7) is 1.95. The molecule has 1 saturated heterocycles. The molecule has 2 heterocycles. The number of hydrogen-bond acceptors (Lipinski definition) is 7. The maximum absolute atomic E-state index is 13.3. The Hall–Kier alpha value is -4.33. The summed E-state index contributed by atoms with van der Waals surface area (Å²) in [6, 6.07) is 12.9. The fourth-order valence-electron chi connectivity index (χ4n) is 4.29. The summed E-state index contributed by atoms with van der Waals surface area (Å²) in [5, 5.41) is 11.4. The van der Waals surface area contributed by atoms with Gasteiger partial charge in [-0.05, 0) is 60.5 Å². The largest absolute Gasteiger partial charge is 0.507 e. The number of methoxy groups -OCH3 is 3. The van der Waals surface area contributed by atoms with E-state index in [9.17, 15) is 14.7 Å². The van der Waals surface area contributed by atoms with Crippen molar-refractivity contribution in [1.82, 2.24) is 9.88 Å². The Morgan fingerprint density at radius 2 is 1.74 bits per heavy atom. The van der Waals surface area contributed by atoms with E-state index in [1.165, 1.54) is 19.1 Å². The molecule has 4 rings (SSSR count). The fourth-order valence-corrected chi connectivity index (χ4v) is 4.29. The Balaban J connectivity index is 1.94. The number of Topliss-reactive ketones (excluding diaryl/α,β-unsaturated/α-hetero) is 1. The molecule has 0 aliphatic carbocycles. The van der Waals surface area contributed by atoms with E-state index in [4.69, 9.17) is 14.2 Å². The Kier molecular flexibility index (Phi) is 6.73. The Morgan fingerprint density at radius 1 is 1.00 bits per heavy atom. The maximum Gasteiger partial charge on any atom is 0.295 e. The van der Waals surface area contributed by atoms with Gasteiger partial charge in [-0.1, -0.05) is 6.07 Å². The number of likely N-dealkylation sites (tertiary alicyclic amines) is 1. The molecule has 0 spiro atoms. The van der Waals surface area contributed by atoms with Crippen molar-refractivity contribution < 1.29 is 28.9 Å². The molecule has 1 amide bonds. The van der Waals surface area contributed by atoms with E-state index in [1.54, 1.807) is 62.0 Å². The van der Waals surface area contributed by atoms with E-state index in [2.05, 4.69) is 4.98 Å². The van der Waals surface area contributed by atoms with Crippen molar-refractivity contribution in [1.29, 1.82) is 0 Å². The van der Waals surface area contributed by atoms with Gasteiger partial charge in [-0.25, -0.2) is 0 Å². The highest BCUT2D eigenvalue weighted by atomic mass is 16.5. The van der Waals surface area contributed by atoms with Crippen LogP contribution in [0.4, 0.5) is 0 Å². The van der Waals surface area contributed by atoms with Crippen molar-refractivity contribution in [2.75, 3.05) is 21.3 Å². The molecule has 1 fully saturated rings. The highest BCUT2D eigenvalue weighted by Gasteiger charge is 2.47. The van der Waals surface area contributed by atoms with Crippen LogP contribution in [-0.2, 0) is 16.1 Å². The average Bonchev–Trinajstić information content (AvgIpc) is 3.13. The van der Waals surface area contributed by atoms with Gasteiger partial charge in [0, 0.05) is 30.1 Å². The fraction of sp³-hybridized carbons (Fsp3) is 0.222. The maximum atomic E-state index is 13.3. The van der Waals surface area contributed by atoms with Gasteiger partial charge in [0.15, 0.2) is 0 Å². The van der Waals surface area contributed by atoms with Crippen LogP contribution in [-0.4, -0.2) is 48.0 Å². The van der Waals surface area contributed by atoms with Crippen LogP contribution in [0.3, 0.4) is 0 Å². The molecule has 1 aromatic heterocycles. The first-order valence-corrected chi connectivity index (χ1v) is 10.9. The summed E-state index contributed by atoms with van der Waals surface area (Å²) in [6.07, 6.45) is 3.26. The van der Waals surface area contributed by atoms with E-state index < -0.39 is 17.7 Å². The SMILES string of the molecule is COc1ccc(OC)c(C2C(=C(O)c3ccc(OC)c(C)c3)C(=O)C(=O)N2Cc2cccnc2)c1. The van der Waals surface area contributed by atoms with Crippen LogP contribution in [0.15, 0.2) is 66.5 Å². The first-order chi connectivity index (χ1) is 16.9. The number of ether oxygens (including phenoxy) is 3. The molecular weight excluding hydrogens is 448 g/mol. The molecule has 3 aromatic rings. The van der Waals surface area contributed by atoms with Crippen LogP contribution in [0.2, 0.25) is 0 Å². The molecule has 1 atom stereocenters. The zero-order chi connectivity index (χ0) is 25.1. The van der Waals surface area contributed by atoms with Crippen molar-refractivity contribution in [3.05, 3.63) is 88.8 Å². The van der Waals surface area contributed by atoms with Crippen molar-refractivity contribution in [3.8, 4) is 17.2 Å². The molecule has 0 radical (unpaired) electrons. The number of amides is 1. The first kappa shape index (κ1) is 23.8. The Bertz CT molecular complexity index is 1300. The van der Waals surface area contributed by atoms with Crippen LogP contribution in [0, 0.1) is 6.92 Å². The van der Waals surface area contributed by atoms with Gasteiger partial charge in [0.2, 0.25) is 0 Å². The minimum absolute atomic E-state index is 0.0324. The van der Waals surface area contributed by atoms with Gasteiger partial charge in [-0.2, -0.15) is 0 Å². The summed E-state index contributed by atoms with van der Waals surface area (Å²) in [4.78, 5) is 32.2. The summed E-state index contributed by atoms with van der Waals surface area (Å²) < 4.78 is 16.3. The van der Waals surface area contributed by atoms with Crippen molar-refractivity contribution >= 4 is 17.4 Å². The molecule has 0 saturated carbocycles. The van der Waals surface area contributed by atoms with Gasteiger partial charge in [0.25, 0.3) is 11.7 Å². The molecule has 8 nitrogen and oxygen atoms in total. The molecule has 180 valence electrons. The number of aryl methyl sites for hydroxylation is 1. The Labute approximate surface area is 203 Å². The summed E-state index contributed by atoms with van der Waals surface area (Å²) in [7, 11) is 4.59. The van der Waals surface area contributed by atoms with E-state index in [0.29, 0.717) is 28.4 Å². The number of rotatable bonds is 7. The number of aliphatic hydroxyl groups is 1. The van der Waals surface area contributed by atoms with E-state index in [0.717, 1.165) is 11.1 Å². The second kappa shape index (κ2) is 9.89. The van der Waals surface area contributed by atoms with Gasteiger partial charge < -0.3 is 24.2 Å². The zero-order valence-corrected chi connectivity index (χ0v) is 19.9. The number of aliphatic hydroxyl groups excluding tert-OH is 1. The minimum Gasteiger partial charge on any atom is -0.507 e. The van der Waals surface area contributed by atoms with Gasteiger partial charge in [-0.15, -0.1) is 0 Å². The third kappa shape index (κ3) is 4.42. The van der Waals surface area contributed by atoms with Gasteiger partial charge in [0.05, 0.1) is 32.9 Å². The molecule has 0 bridgehead atoms. The van der Waals surface area contributed by atoms with Gasteiger partial charge >= 0.3 is 0 Å². The lowest BCUT2D eigenvalue weighted by Gasteiger charge is -2.27. The third-order valence-electron chi connectivity index (χ3n) is 6.02. The lowest BCUT2D eigenvalue weighted by molar-refractivity contribution is -0.140. The lowest BCUT2D eigenvalue weighted by atomic mass is 9.93. The molecule has 1 aliphatic heterocycles. The predicted octanol–water partition coefficient (Wildman–Crippen LogP) is 4.04. The highest BCUT2D eigenvalue weighted by Crippen LogP contribution is 2.44. The highest BCUT2D eigenvalue weighted by molar-refractivity contribution is 6.46. The minimum atomic E-state index is -0.914. The topological polar surface area (TPSA) is 98.2 Å². The van der Waals surface area contributed by atoms with Crippen LogP contribution in [0.25, 0.3) is 5.76 Å². The molecule has 35 heavy (non-hydrogen) atoms. The monoisotopic (exact) mass is 474 g/mol. The zero-order valence-electron chi connectivity index (χ0n) is 19.9. The summed E-state index contributed by atoms with van der Waals surface area (Å²) in [5.41, 5.74) is 2.39. The molecular formula is C27H26N2O6. The van der Waals surface area contributed by atoms with E-state index >= 15 is 0 Å². The molecule has 1 N–H and O–H groups in total. The number of hydrogen-bond donors (Lipinski definition) is 1. The van der Waals surface area contributed by atoms with E-state index in [-0.39, 0.29) is 17.9 Å². The quantitative estimate of drug-likeness (QED) is 0.314. The summed E-state index contributed by atoms with van der Waals surface area (Å²) in [5.74, 6) is -0.175.